The maximum Gasteiger partial charge on any atom is 0.337 e. The van der Waals surface area contributed by atoms with E-state index in [0.29, 0.717) is 16.8 Å². The molecule has 0 aliphatic rings. The standard InChI is InChI=1S/C28H25FN4O2/c1-28(2,12-13-30)26-25(17-4-6-18(7-5-17)27(34)35-3)22-15-23(32)19(16-31)14-24(22)33(26)21-10-8-20(29)9-11-21/h4-11,14-16,31H,12,32H2,1-3H3. The fourth-order valence-electron chi connectivity index (χ4n) is 4.46. The summed E-state index contributed by atoms with van der Waals surface area (Å²) >= 11 is 0. The predicted molar refractivity (Wildman–Crippen MR) is 136 cm³/mol. The van der Waals surface area contributed by atoms with Crippen LogP contribution >= 0.6 is 0 Å². The topological polar surface area (TPSA) is 105 Å². The average molecular weight is 469 g/mol. The number of methoxy groups -OCH3 is 1. The molecule has 0 saturated carbocycles. The van der Waals surface area contributed by atoms with Gasteiger partial charge in [-0.05, 0) is 54.1 Å². The maximum absolute atomic E-state index is 13.8. The van der Waals surface area contributed by atoms with Gasteiger partial charge in [0.1, 0.15) is 5.82 Å². The molecule has 0 amide bonds. The lowest BCUT2D eigenvalue weighted by Gasteiger charge is -2.26. The Morgan fingerprint density at radius 3 is 2.40 bits per heavy atom. The van der Waals surface area contributed by atoms with E-state index < -0.39 is 11.4 Å². The molecule has 0 bridgehead atoms. The zero-order valence-electron chi connectivity index (χ0n) is 19.7. The number of fused-ring (bicyclic) bond motifs is 1. The monoisotopic (exact) mass is 468 g/mol. The number of esters is 1. The summed E-state index contributed by atoms with van der Waals surface area (Å²) in [5, 5.41) is 18.3. The molecule has 4 aromatic rings. The smallest absolute Gasteiger partial charge is 0.337 e. The number of carbonyl (C=O) groups is 1. The molecule has 176 valence electrons. The van der Waals surface area contributed by atoms with E-state index in [-0.39, 0.29) is 12.2 Å². The van der Waals surface area contributed by atoms with Crippen LogP contribution in [-0.2, 0) is 10.2 Å². The van der Waals surface area contributed by atoms with Crippen LogP contribution in [0.5, 0.6) is 0 Å². The fraction of sp³-hybridized carbons (Fsp3) is 0.179. The minimum Gasteiger partial charge on any atom is -0.465 e. The molecule has 0 saturated heterocycles. The highest BCUT2D eigenvalue weighted by Crippen LogP contribution is 2.45. The summed E-state index contributed by atoms with van der Waals surface area (Å²) in [6.07, 6.45) is 1.42. The molecule has 6 nitrogen and oxygen atoms in total. The maximum atomic E-state index is 13.8. The van der Waals surface area contributed by atoms with Gasteiger partial charge < -0.3 is 20.4 Å². The molecule has 0 atom stereocenters. The van der Waals surface area contributed by atoms with Gasteiger partial charge in [-0.15, -0.1) is 0 Å². The van der Waals surface area contributed by atoms with E-state index in [4.69, 9.17) is 15.9 Å². The summed E-state index contributed by atoms with van der Waals surface area (Å²) in [4.78, 5) is 12.0. The van der Waals surface area contributed by atoms with Gasteiger partial charge in [-0.25, -0.2) is 9.18 Å². The highest BCUT2D eigenvalue weighted by molar-refractivity contribution is 6.05. The van der Waals surface area contributed by atoms with Gasteiger partial charge in [-0.3, -0.25) is 0 Å². The molecule has 4 rings (SSSR count). The van der Waals surface area contributed by atoms with Crippen molar-refractivity contribution >= 4 is 28.8 Å². The summed E-state index contributed by atoms with van der Waals surface area (Å²) in [6.45, 7) is 3.97. The minimum atomic E-state index is -0.613. The van der Waals surface area contributed by atoms with Crippen LogP contribution < -0.4 is 5.73 Å². The Kier molecular flexibility index (Phi) is 6.14. The first-order valence-corrected chi connectivity index (χ1v) is 11.0. The van der Waals surface area contributed by atoms with Crippen LogP contribution in [0.15, 0.2) is 60.7 Å². The van der Waals surface area contributed by atoms with Crippen molar-refractivity contribution in [2.45, 2.75) is 25.7 Å². The van der Waals surface area contributed by atoms with Gasteiger partial charge in [-0.2, -0.15) is 5.26 Å². The Morgan fingerprint density at radius 2 is 1.83 bits per heavy atom. The van der Waals surface area contributed by atoms with Crippen LogP contribution in [-0.4, -0.2) is 23.9 Å². The molecule has 0 aliphatic heterocycles. The fourth-order valence-corrected chi connectivity index (χ4v) is 4.46. The Bertz CT molecular complexity index is 1480. The number of benzene rings is 3. The summed E-state index contributed by atoms with van der Waals surface area (Å²) in [6, 6.07) is 19.2. The number of aromatic nitrogens is 1. The molecule has 0 aliphatic carbocycles. The van der Waals surface area contributed by atoms with Crippen LogP contribution in [0, 0.1) is 22.6 Å². The third-order valence-corrected chi connectivity index (χ3v) is 6.17. The third kappa shape index (κ3) is 4.15. The van der Waals surface area contributed by atoms with Gasteiger partial charge in [0.25, 0.3) is 0 Å². The molecule has 1 aromatic heterocycles. The zero-order chi connectivity index (χ0) is 25.3. The van der Waals surface area contributed by atoms with Gasteiger partial charge >= 0.3 is 5.97 Å². The summed E-state index contributed by atoms with van der Waals surface area (Å²) in [7, 11) is 1.33. The second kappa shape index (κ2) is 9.07. The van der Waals surface area contributed by atoms with Crippen LogP contribution in [0.25, 0.3) is 27.7 Å². The van der Waals surface area contributed by atoms with Gasteiger partial charge in [0, 0.05) is 51.6 Å². The molecule has 3 N–H and O–H groups in total. The summed E-state index contributed by atoms with van der Waals surface area (Å²) in [5.74, 6) is -0.790. The number of anilines is 1. The van der Waals surface area contributed by atoms with Crippen molar-refractivity contribution < 1.29 is 13.9 Å². The van der Waals surface area contributed by atoms with Crippen LogP contribution in [0.2, 0.25) is 0 Å². The average Bonchev–Trinajstić information content (AvgIpc) is 3.18. The lowest BCUT2D eigenvalue weighted by atomic mass is 9.81. The molecule has 3 aromatic carbocycles. The number of hydrogen-bond acceptors (Lipinski definition) is 5. The normalized spacial score (nSPS) is 11.3. The Labute approximate surface area is 202 Å². The van der Waals surface area contributed by atoms with Crippen molar-refractivity contribution in [2.75, 3.05) is 12.8 Å². The second-order valence-electron chi connectivity index (χ2n) is 8.97. The molecule has 0 radical (unpaired) electrons. The second-order valence-corrected chi connectivity index (χ2v) is 8.97. The number of rotatable bonds is 6. The number of nitrogens with two attached hydrogens (primary N) is 1. The number of carbonyl (C=O) groups excluding carboxylic acids is 1. The molecule has 0 fully saturated rings. The largest absolute Gasteiger partial charge is 0.465 e. The molecule has 0 spiro atoms. The molecular formula is C28H25FN4O2. The van der Waals surface area contributed by atoms with E-state index in [9.17, 15) is 14.4 Å². The van der Waals surface area contributed by atoms with Gasteiger partial charge in [0.2, 0.25) is 0 Å². The van der Waals surface area contributed by atoms with E-state index >= 15 is 0 Å². The number of halogens is 1. The Morgan fingerprint density at radius 1 is 1.17 bits per heavy atom. The highest BCUT2D eigenvalue weighted by atomic mass is 19.1. The van der Waals surface area contributed by atoms with Crippen molar-refractivity contribution in [1.82, 2.24) is 4.57 Å². The van der Waals surface area contributed by atoms with E-state index in [1.165, 1.54) is 25.5 Å². The van der Waals surface area contributed by atoms with E-state index in [2.05, 4.69) is 6.07 Å². The van der Waals surface area contributed by atoms with Gasteiger partial charge in [0.15, 0.2) is 0 Å². The lowest BCUT2D eigenvalue weighted by molar-refractivity contribution is 0.0600. The Balaban J connectivity index is 2.16. The van der Waals surface area contributed by atoms with Gasteiger partial charge in [0.05, 0.1) is 24.3 Å². The number of nitrogen functional groups attached to an aromatic ring is 1. The summed E-state index contributed by atoms with van der Waals surface area (Å²) < 4.78 is 20.6. The quantitative estimate of drug-likeness (QED) is 0.206. The first-order chi connectivity index (χ1) is 16.7. The molecule has 7 heteroatoms. The van der Waals surface area contributed by atoms with Crippen molar-refractivity contribution in [3.8, 4) is 22.9 Å². The van der Waals surface area contributed by atoms with Crippen molar-refractivity contribution in [3.05, 3.63) is 83.3 Å². The molecular weight excluding hydrogens is 443 g/mol. The van der Waals surface area contributed by atoms with Crippen LogP contribution in [0.3, 0.4) is 0 Å². The number of nitrogens with one attached hydrogen (secondary N) is 1. The van der Waals surface area contributed by atoms with Crippen LogP contribution in [0.4, 0.5) is 10.1 Å². The molecule has 35 heavy (non-hydrogen) atoms. The number of nitriles is 1. The SMILES string of the molecule is COC(=O)c1ccc(-c2c(C(C)(C)CC#N)n(-c3ccc(F)cc3)c3cc(C=N)c(N)cc23)cc1. The van der Waals surface area contributed by atoms with Crippen molar-refractivity contribution in [2.24, 2.45) is 0 Å². The Hall–Kier alpha value is -4.44. The van der Waals surface area contributed by atoms with E-state index in [0.717, 1.165) is 33.4 Å². The van der Waals surface area contributed by atoms with Crippen molar-refractivity contribution in [3.63, 3.8) is 0 Å². The lowest BCUT2D eigenvalue weighted by Crippen LogP contribution is -2.21. The number of hydrogen-bond donors (Lipinski definition) is 2. The zero-order valence-corrected chi connectivity index (χ0v) is 19.7. The molecule has 1 heterocycles. The summed E-state index contributed by atoms with van der Waals surface area (Å²) in [5.41, 5.74) is 11.1. The minimum absolute atomic E-state index is 0.227. The van der Waals surface area contributed by atoms with Gasteiger partial charge in [-0.1, -0.05) is 26.0 Å². The predicted octanol–water partition coefficient (Wildman–Crippen LogP) is 5.99. The van der Waals surface area contributed by atoms with Crippen molar-refractivity contribution in [1.29, 1.82) is 10.7 Å². The highest BCUT2D eigenvalue weighted by Gasteiger charge is 2.32. The van der Waals surface area contributed by atoms with Crippen LogP contribution in [0.1, 0.15) is 41.9 Å². The number of nitrogens with zero attached hydrogens (tertiary/aromatic N) is 2. The first-order valence-electron chi connectivity index (χ1n) is 11.0. The molecule has 0 unspecified atom stereocenters. The third-order valence-electron chi connectivity index (χ3n) is 6.17. The first kappa shape index (κ1) is 23.7. The van der Waals surface area contributed by atoms with E-state index in [1.54, 1.807) is 24.3 Å². The van der Waals surface area contributed by atoms with E-state index in [1.807, 2.05) is 42.7 Å². The number of ether oxygens (including phenoxy) is 1.